The van der Waals surface area contributed by atoms with Gasteiger partial charge in [-0.15, -0.1) is 0 Å². The van der Waals surface area contributed by atoms with Crippen LogP contribution < -0.4 is 10.6 Å². The van der Waals surface area contributed by atoms with Gasteiger partial charge in [-0.1, -0.05) is 13.8 Å². The van der Waals surface area contributed by atoms with Crippen LogP contribution in [0.2, 0.25) is 0 Å². The number of likely N-dealkylation sites (N-methyl/N-ethyl adjacent to an activating group) is 1. The minimum atomic E-state index is -0.369. The molecule has 0 saturated carbocycles. The molecule has 1 fully saturated rings. The van der Waals surface area contributed by atoms with Crippen molar-refractivity contribution in [2.45, 2.75) is 52.1 Å². The first-order valence-electron chi connectivity index (χ1n) is 7.62. The molecule has 20 heavy (non-hydrogen) atoms. The van der Waals surface area contributed by atoms with Crippen molar-refractivity contribution >= 4 is 11.7 Å². The topological polar surface area (TPSA) is 61.4 Å². The lowest BCUT2D eigenvalue weighted by atomic mass is 10.0. The molecule has 116 valence electrons. The van der Waals surface area contributed by atoms with E-state index in [1.54, 1.807) is 0 Å². The summed E-state index contributed by atoms with van der Waals surface area (Å²) >= 11 is 0. The Morgan fingerprint density at radius 2 is 2.00 bits per heavy atom. The predicted octanol–water partition coefficient (Wildman–Crippen LogP) is 0.790. The summed E-state index contributed by atoms with van der Waals surface area (Å²) in [7, 11) is 1.99. The number of amides is 1. The van der Waals surface area contributed by atoms with Crippen LogP contribution in [-0.4, -0.2) is 55.4 Å². The van der Waals surface area contributed by atoms with Crippen molar-refractivity contribution in [3.8, 4) is 0 Å². The molecule has 0 aromatic heterocycles. The number of hydrogen-bond acceptors (Lipinski definition) is 4. The zero-order valence-electron chi connectivity index (χ0n) is 13.2. The highest BCUT2D eigenvalue weighted by Crippen LogP contribution is 2.11. The van der Waals surface area contributed by atoms with Gasteiger partial charge in [-0.2, -0.15) is 0 Å². The highest BCUT2D eigenvalue weighted by Gasteiger charge is 2.23. The molecule has 1 amide bonds. The second kappa shape index (κ2) is 8.37. The molecule has 0 radical (unpaired) electrons. The van der Waals surface area contributed by atoms with Crippen LogP contribution in [0.3, 0.4) is 0 Å². The van der Waals surface area contributed by atoms with Gasteiger partial charge in [-0.05, 0) is 52.2 Å². The molecule has 2 unspecified atom stereocenters. The van der Waals surface area contributed by atoms with E-state index in [9.17, 15) is 9.59 Å². The van der Waals surface area contributed by atoms with Crippen LogP contribution in [0, 0.1) is 5.92 Å². The van der Waals surface area contributed by atoms with Gasteiger partial charge in [0.1, 0.15) is 0 Å². The zero-order valence-corrected chi connectivity index (χ0v) is 13.2. The van der Waals surface area contributed by atoms with Crippen molar-refractivity contribution < 1.29 is 9.59 Å². The van der Waals surface area contributed by atoms with E-state index in [-0.39, 0.29) is 23.7 Å². The molecule has 0 bridgehead atoms. The van der Waals surface area contributed by atoms with Crippen LogP contribution >= 0.6 is 0 Å². The van der Waals surface area contributed by atoms with Gasteiger partial charge in [0.2, 0.25) is 5.91 Å². The van der Waals surface area contributed by atoms with Gasteiger partial charge in [0.25, 0.3) is 0 Å². The van der Waals surface area contributed by atoms with Gasteiger partial charge in [0.05, 0.1) is 12.6 Å². The molecule has 1 rings (SSSR count). The van der Waals surface area contributed by atoms with Crippen LogP contribution in [0.25, 0.3) is 0 Å². The Kier molecular flexibility index (Phi) is 7.16. The van der Waals surface area contributed by atoms with Crippen molar-refractivity contribution in [1.29, 1.82) is 0 Å². The SMILES string of the molecule is CC(=O)C(NC(=O)CN(C)C1CCCNCC1)C(C)C. The highest BCUT2D eigenvalue weighted by atomic mass is 16.2. The second-order valence-electron chi connectivity index (χ2n) is 6.15. The van der Waals surface area contributed by atoms with E-state index < -0.39 is 0 Å². The number of rotatable bonds is 6. The Hall–Kier alpha value is -0.940. The van der Waals surface area contributed by atoms with E-state index in [4.69, 9.17) is 0 Å². The van der Waals surface area contributed by atoms with Gasteiger partial charge in [-0.25, -0.2) is 0 Å². The third-order valence-corrected chi connectivity index (χ3v) is 3.98. The summed E-state index contributed by atoms with van der Waals surface area (Å²) in [5, 5.41) is 6.23. The molecule has 1 aliphatic rings. The fourth-order valence-electron chi connectivity index (χ4n) is 2.75. The van der Waals surface area contributed by atoms with Gasteiger partial charge < -0.3 is 10.6 Å². The van der Waals surface area contributed by atoms with E-state index in [2.05, 4.69) is 15.5 Å². The first kappa shape index (κ1) is 17.1. The number of ketones is 1. The number of hydrogen-bond donors (Lipinski definition) is 2. The third-order valence-electron chi connectivity index (χ3n) is 3.98. The maximum absolute atomic E-state index is 12.1. The Balaban J connectivity index is 2.45. The summed E-state index contributed by atoms with van der Waals surface area (Å²) in [6.07, 6.45) is 3.35. The fourth-order valence-corrected chi connectivity index (χ4v) is 2.75. The molecule has 0 aromatic rings. The van der Waals surface area contributed by atoms with Crippen LogP contribution in [0.1, 0.15) is 40.0 Å². The molecular weight excluding hydrogens is 254 g/mol. The number of carbonyl (C=O) groups is 2. The van der Waals surface area contributed by atoms with Crippen LogP contribution in [-0.2, 0) is 9.59 Å². The van der Waals surface area contributed by atoms with E-state index >= 15 is 0 Å². The zero-order chi connectivity index (χ0) is 15.1. The van der Waals surface area contributed by atoms with Gasteiger partial charge in [0, 0.05) is 6.04 Å². The predicted molar refractivity (Wildman–Crippen MR) is 80.6 cm³/mol. The summed E-state index contributed by atoms with van der Waals surface area (Å²) in [6, 6.07) is 0.0808. The number of carbonyl (C=O) groups excluding carboxylic acids is 2. The first-order valence-corrected chi connectivity index (χ1v) is 7.62. The normalized spacial score (nSPS) is 21.6. The average Bonchev–Trinajstić information content (AvgIpc) is 2.63. The maximum Gasteiger partial charge on any atom is 0.234 e. The Labute approximate surface area is 122 Å². The molecule has 1 saturated heterocycles. The standard InChI is InChI=1S/C15H29N3O2/c1-11(2)15(12(3)19)17-14(20)10-18(4)13-6-5-8-16-9-7-13/h11,13,15-16H,5-10H2,1-4H3,(H,17,20). The maximum atomic E-state index is 12.1. The summed E-state index contributed by atoms with van der Waals surface area (Å²) in [5.41, 5.74) is 0. The van der Waals surface area contributed by atoms with E-state index in [1.807, 2.05) is 20.9 Å². The molecule has 2 atom stereocenters. The summed E-state index contributed by atoms with van der Waals surface area (Å²) in [5.74, 6) is 0.0945. The molecule has 5 nitrogen and oxygen atoms in total. The van der Waals surface area contributed by atoms with Crippen molar-refractivity contribution in [2.24, 2.45) is 5.92 Å². The average molecular weight is 283 g/mol. The van der Waals surface area contributed by atoms with Crippen molar-refractivity contribution in [3.05, 3.63) is 0 Å². The van der Waals surface area contributed by atoms with E-state index in [1.165, 1.54) is 6.92 Å². The van der Waals surface area contributed by atoms with E-state index in [0.717, 1.165) is 32.4 Å². The van der Waals surface area contributed by atoms with Gasteiger partial charge in [-0.3, -0.25) is 14.5 Å². The number of Topliss-reactive ketones (excluding diaryl/α,β-unsaturated/α-hetero) is 1. The summed E-state index contributed by atoms with van der Waals surface area (Å²) in [6.45, 7) is 7.88. The smallest absolute Gasteiger partial charge is 0.234 e. The first-order chi connectivity index (χ1) is 9.41. The highest BCUT2D eigenvalue weighted by molar-refractivity contribution is 5.88. The van der Waals surface area contributed by atoms with Crippen molar-refractivity contribution in [3.63, 3.8) is 0 Å². The lowest BCUT2D eigenvalue weighted by Gasteiger charge is -2.27. The minimum Gasteiger partial charge on any atom is -0.345 e. The van der Waals surface area contributed by atoms with Crippen molar-refractivity contribution in [1.82, 2.24) is 15.5 Å². The molecular formula is C15H29N3O2. The Bertz CT molecular complexity index is 323. The molecule has 1 aliphatic heterocycles. The fraction of sp³-hybridized carbons (Fsp3) is 0.867. The molecule has 0 spiro atoms. The Morgan fingerprint density at radius 3 is 2.60 bits per heavy atom. The quantitative estimate of drug-likeness (QED) is 0.756. The molecule has 0 aliphatic carbocycles. The minimum absolute atomic E-state index is 0.0228. The largest absolute Gasteiger partial charge is 0.345 e. The molecule has 0 aromatic carbocycles. The number of nitrogens with zero attached hydrogens (tertiary/aromatic N) is 1. The van der Waals surface area contributed by atoms with Crippen LogP contribution in [0.4, 0.5) is 0 Å². The lowest BCUT2D eigenvalue weighted by Crippen LogP contribution is -2.48. The summed E-state index contributed by atoms with van der Waals surface area (Å²) in [4.78, 5) is 25.7. The molecule has 1 heterocycles. The number of nitrogens with one attached hydrogen (secondary N) is 2. The van der Waals surface area contributed by atoms with Crippen LogP contribution in [0.15, 0.2) is 0 Å². The third kappa shape index (κ3) is 5.59. The lowest BCUT2D eigenvalue weighted by molar-refractivity contribution is -0.128. The summed E-state index contributed by atoms with van der Waals surface area (Å²) < 4.78 is 0. The Morgan fingerprint density at radius 1 is 1.30 bits per heavy atom. The van der Waals surface area contributed by atoms with Crippen LogP contribution in [0.5, 0.6) is 0 Å². The van der Waals surface area contributed by atoms with Crippen molar-refractivity contribution in [2.75, 3.05) is 26.7 Å². The molecule has 2 N–H and O–H groups in total. The monoisotopic (exact) mass is 283 g/mol. The van der Waals surface area contributed by atoms with Gasteiger partial charge in [0.15, 0.2) is 5.78 Å². The van der Waals surface area contributed by atoms with E-state index in [0.29, 0.717) is 12.6 Å². The molecule has 5 heteroatoms. The second-order valence-corrected chi connectivity index (χ2v) is 6.15. The van der Waals surface area contributed by atoms with Gasteiger partial charge >= 0.3 is 0 Å².